The average Bonchev–Trinajstić information content (AvgIpc) is 2.79. The Morgan fingerprint density at radius 1 is 1.18 bits per heavy atom. The zero-order valence-corrected chi connectivity index (χ0v) is 11.3. The highest BCUT2D eigenvalue weighted by Crippen LogP contribution is 2.20. The fourth-order valence-electron chi connectivity index (χ4n) is 3.28. The fourth-order valence-corrected chi connectivity index (χ4v) is 3.28. The molecule has 100 valence electrons. The second-order valence-corrected chi connectivity index (χ2v) is 5.74. The highest BCUT2D eigenvalue weighted by molar-refractivity contribution is 4.85. The minimum absolute atomic E-state index is 0.111. The predicted octanol–water partition coefficient (Wildman–Crippen LogP) is 1.71. The number of aliphatic hydroxyl groups excluding tert-OH is 1. The summed E-state index contributed by atoms with van der Waals surface area (Å²) >= 11 is 0. The van der Waals surface area contributed by atoms with Gasteiger partial charge in [-0.25, -0.2) is 0 Å². The normalized spacial score (nSPS) is 29.6. The number of hydrogen-bond acceptors (Lipinski definition) is 3. The lowest BCUT2D eigenvalue weighted by atomic mass is 10.1. The van der Waals surface area contributed by atoms with E-state index in [0.717, 1.165) is 25.4 Å². The van der Waals surface area contributed by atoms with Gasteiger partial charge in [0.1, 0.15) is 0 Å². The molecular formula is C14H28N2O. The van der Waals surface area contributed by atoms with Gasteiger partial charge in [0.05, 0.1) is 6.10 Å². The van der Waals surface area contributed by atoms with Crippen LogP contribution in [-0.2, 0) is 0 Å². The summed E-state index contributed by atoms with van der Waals surface area (Å²) < 4.78 is 0. The molecule has 0 aliphatic carbocycles. The minimum atomic E-state index is -0.111. The Hall–Kier alpha value is -0.120. The van der Waals surface area contributed by atoms with Crippen LogP contribution in [0.1, 0.15) is 45.4 Å². The summed E-state index contributed by atoms with van der Waals surface area (Å²) in [5.41, 5.74) is 0. The lowest BCUT2D eigenvalue weighted by Crippen LogP contribution is -2.41. The van der Waals surface area contributed by atoms with Crippen LogP contribution < -0.4 is 0 Å². The molecule has 2 aliphatic rings. The number of piperidine rings is 1. The van der Waals surface area contributed by atoms with Gasteiger partial charge in [-0.05, 0) is 45.3 Å². The van der Waals surface area contributed by atoms with E-state index in [9.17, 15) is 5.11 Å². The van der Waals surface area contributed by atoms with Crippen molar-refractivity contribution in [3.8, 4) is 0 Å². The van der Waals surface area contributed by atoms with Crippen LogP contribution in [0, 0.1) is 0 Å². The maximum atomic E-state index is 9.85. The number of rotatable bonds is 5. The van der Waals surface area contributed by atoms with Crippen molar-refractivity contribution in [2.75, 3.05) is 32.7 Å². The molecule has 0 amide bonds. The number of hydrogen-bond donors (Lipinski definition) is 1. The zero-order chi connectivity index (χ0) is 12.1. The molecule has 0 aromatic carbocycles. The maximum Gasteiger partial charge on any atom is 0.0667 e. The molecule has 0 aromatic heterocycles. The molecule has 3 heteroatoms. The van der Waals surface area contributed by atoms with E-state index in [-0.39, 0.29) is 6.10 Å². The summed E-state index contributed by atoms with van der Waals surface area (Å²) in [6.07, 6.45) is 7.42. The summed E-state index contributed by atoms with van der Waals surface area (Å²) in [5, 5.41) is 9.85. The van der Waals surface area contributed by atoms with Gasteiger partial charge in [-0.15, -0.1) is 0 Å². The number of likely N-dealkylation sites (tertiary alicyclic amines) is 2. The Balaban J connectivity index is 1.71. The molecule has 0 radical (unpaired) electrons. The van der Waals surface area contributed by atoms with Gasteiger partial charge in [0, 0.05) is 19.1 Å². The number of aliphatic hydroxyl groups is 1. The van der Waals surface area contributed by atoms with E-state index in [1.807, 2.05) is 0 Å². The standard InChI is InChI=1S/C14H28N2O/c1-2-6-14(17)12-15-10-7-13(11-15)16-8-4-3-5-9-16/h13-14,17H,2-12H2,1H3. The van der Waals surface area contributed by atoms with Crippen molar-refractivity contribution in [2.24, 2.45) is 0 Å². The smallest absolute Gasteiger partial charge is 0.0667 e. The second-order valence-electron chi connectivity index (χ2n) is 5.74. The largest absolute Gasteiger partial charge is 0.392 e. The molecule has 0 spiro atoms. The summed E-state index contributed by atoms with van der Waals surface area (Å²) in [7, 11) is 0. The van der Waals surface area contributed by atoms with Crippen molar-refractivity contribution in [2.45, 2.75) is 57.6 Å². The second kappa shape index (κ2) is 6.72. The Morgan fingerprint density at radius 2 is 1.94 bits per heavy atom. The topological polar surface area (TPSA) is 26.7 Å². The van der Waals surface area contributed by atoms with Crippen molar-refractivity contribution in [1.82, 2.24) is 9.80 Å². The third kappa shape index (κ3) is 3.94. The van der Waals surface area contributed by atoms with Gasteiger partial charge in [-0.3, -0.25) is 9.80 Å². The zero-order valence-electron chi connectivity index (χ0n) is 11.3. The molecule has 2 rings (SSSR count). The van der Waals surface area contributed by atoms with Gasteiger partial charge in [0.25, 0.3) is 0 Å². The van der Waals surface area contributed by atoms with Gasteiger partial charge >= 0.3 is 0 Å². The summed E-state index contributed by atoms with van der Waals surface area (Å²) in [4.78, 5) is 5.13. The highest BCUT2D eigenvalue weighted by atomic mass is 16.3. The van der Waals surface area contributed by atoms with Crippen molar-refractivity contribution < 1.29 is 5.11 Å². The van der Waals surface area contributed by atoms with E-state index in [0.29, 0.717) is 0 Å². The maximum absolute atomic E-state index is 9.85. The van der Waals surface area contributed by atoms with Crippen LogP contribution in [0.3, 0.4) is 0 Å². The van der Waals surface area contributed by atoms with Crippen LogP contribution in [0.4, 0.5) is 0 Å². The van der Waals surface area contributed by atoms with E-state index < -0.39 is 0 Å². The van der Waals surface area contributed by atoms with E-state index in [4.69, 9.17) is 0 Å². The van der Waals surface area contributed by atoms with Gasteiger partial charge < -0.3 is 5.11 Å². The predicted molar refractivity (Wildman–Crippen MR) is 71.2 cm³/mol. The van der Waals surface area contributed by atoms with Crippen molar-refractivity contribution in [3.05, 3.63) is 0 Å². The Morgan fingerprint density at radius 3 is 2.65 bits per heavy atom. The third-order valence-electron chi connectivity index (χ3n) is 4.25. The molecule has 17 heavy (non-hydrogen) atoms. The summed E-state index contributed by atoms with van der Waals surface area (Å²) in [6, 6.07) is 0.768. The average molecular weight is 240 g/mol. The molecule has 2 heterocycles. The van der Waals surface area contributed by atoms with Crippen LogP contribution in [-0.4, -0.2) is 59.8 Å². The first-order valence-electron chi connectivity index (χ1n) is 7.44. The lowest BCUT2D eigenvalue weighted by Gasteiger charge is -2.32. The quantitative estimate of drug-likeness (QED) is 0.792. The van der Waals surface area contributed by atoms with Crippen LogP contribution in [0.2, 0.25) is 0 Å². The minimum Gasteiger partial charge on any atom is -0.392 e. The van der Waals surface area contributed by atoms with Crippen molar-refractivity contribution in [1.29, 1.82) is 0 Å². The molecule has 2 atom stereocenters. The van der Waals surface area contributed by atoms with Crippen LogP contribution >= 0.6 is 0 Å². The van der Waals surface area contributed by atoms with E-state index in [1.165, 1.54) is 51.9 Å². The monoisotopic (exact) mass is 240 g/mol. The highest BCUT2D eigenvalue weighted by Gasteiger charge is 2.28. The molecule has 2 fully saturated rings. The molecule has 2 saturated heterocycles. The van der Waals surface area contributed by atoms with E-state index in [2.05, 4.69) is 16.7 Å². The van der Waals surface area contributed by atoms with Crippen LogP contribution in [0.25, 0.3) is 0 Å². The molecule has 0 bridgehead atoms. The Labute approximate surface area is 106 Å². The lowest BCUT2D eigenvalue weighted by molar-refractivity contribution is 0.107. The Kier molecular flexibility index (Phi) is 5.26. The molecule has 1 N–H and O–H groups in total. The first-order chi connectivity index (χ1) is 8.29. The fraction of sp³-hybridized carbons (Fsp3) is 1.00. The van der Waals surface area contributed by atoms with E-state index in [1.54, 1.807) is 0 Å². The SMILES string of the molecule is CCCC(O)CN1CCC(N2CCCCC2)C1. The first-order valence-corrected chi connectivity index (χ1v) is 7.44. The number of nitrogens with zero attached hydrogens (tertiary/aromatic N) is 2. The molecule has 3 nitrogen and oxygen atoms in total. The summed E-state index contributed by atoms with van der Waals surface area (Å²) in [5.74, 6) is 0. The first kappa shape index (κ1) is 13.3. The van der Waals surface area contributed by atoms with Gasteiger partial charge in [-0.1, -0.05) is 19.8 Å². The molecular weight excluding hydrogens is 212 g/mol. The number of β-amino-alcohol motifs (C(OH)–C–C–N with tert-alkyl or cyclic N) is 1. The van der Waals surface area contributed by atoms with Crippen molar-refractivity contribution >= 4 is 0 Å². The third-order valence-corrected chi connectivity index (χ3v) is 4.25. The Bertz CT molecular complexity index is 216. The van der Waals surface area contributed by atoms with Crippen molar-refractivity contribution in [3.63, 3.8) is 0 Å². The molecule has 2 unspecified atom stereocenters. The van der Waals surface area contributed by atoms with Gasteiger partial charge in [0.2, 0.25) is 0 Å². The summed E-state index contributed by atoms with van der Waals surface area (Å²) in [6.45, 7) is 8.00. The van der Waals surface area contributed by atoms with Gasteiger partial charge in [-0.2, -0.15) is 0 Å². The van der Waals surface area contributed by atoms with Crippen LogP contribution in [0.5, 0.6) is 0 Å². The van der Waals surface area contributed by atoms with Gasteiger partial charge in [0.15, 0.2) is 0 Å². The van der Waals surface area contributed by atoms with E-state index >= 15 is 0 Å². The molecule has 0 saturated carbocycles. The molecule has 0 aromatic rings. The molecule has 2 aliphatic heterocycles. The van der Waals surface area contributed by atoms with Crippen LogP contribution in [0.15, 0.2) is 0 Å².